The van der Waals surface area contributed by atoms with Gasteiger partial charge >= 0.3 is 0 Å². The summed E-state index contributed by atoms with van der Waals surface area (Å²) in [5.74, 6) is 0.733. The number of hydrogen-bond acceptors (Lipinski definition) is 1. The first-order valence-corrected chi connectivity index (χ1v) is 9.35. The predicted molar refractivity (Wildman–Crippen MR) is 110 cm³/mol. The number of aryl methyl sites for hydroxylation is 1. The zero-order valence-corrected chi connectivity index (χ0v) is 16.3. The molecular weight excluding hydrogens is 320 g/mol. The molecule has 0 fully saturated rings. The Morgan fingerprint density at radius 3 is 2.27 bits per heavy atom. The highest BCUT2D eigenvalue weighted by Gasteiger charge is 2.16. The number of nitrogens with zero attached hydrogens (tertiary/aromatic N) is 1. The van der Waals surface area contributed by atoms with E-state index in [-0.39, 0.29) is 5.91 Å². The Bertz CT molecular complexity index is 908. The maximum atomic E-state index is 12.8. The van der Waals surface area contributed by atoms with Crippen LogP contribution in [-0.2, 0) is 11.3 Å². The van der Waals surface area contributed by atoms with E-state index in [0.29, 0.717) is 18.4 Å². The summed E-state index contributed by atoms with van der Waals surface area (Å²) in [6.07, 6.45) is 1.99. The molecule has 0 atom stereocenters. The summed E-state index contributed by atoms with van der Waals surface area (Å²) in [6.45, 7) is 11.1. The number of fused-ring (bicyclic) bond motifs is 1. The van der Waals surface area contributed by atoms with E-state index in [1.165, 1.54) is 22.1 Å². The standard InChI is InChI=1S/C23H28N2O/c1-15(2)19-7-6-8-20(16(3)4)23(19)24-22(26)14-25-12-11-18-13-17(5)9-10-21(18)25/h6-13,15-16H,14H2,1-5H3,(H,24,26). The van der Waals surface area contributed by atoms with Crippen molar-refractivity contribution in [2.45, 2.75) is 53.0 Å². The molecule has 0 saturated heterocycles. The van der Waals surface area contributed by atoms with Crippen molar-refractivity contribution in [2.24, 2.45) is 0 Å². The molecule has 0 bridgehead atoms. The maximum absolute atomic E-state index is 12.8. The minimum atomic E-state index is 0.0121. The largest absolute Gasteiger partial charge is 0.338 e. The lowest BCUT2D eigenvalue weighted by molar-refractivity contribution is -0.116. The van der Waals surface area contributed by atoms with Gasteiger partial charge in [-0.1, -0.05) is 57.5 Å². The van der Waals surface area contributed by atoms with Crippen molar-refractivity contribution in [3.8, 4) is 0 Å². The van der Waals surface area contributed by atoms with Crippen LogP contribution in [0.3, 0.4) is 0 Å². The molecule has 26 heavy (non-hydrogen) atoms. The average molecular weight is 348 g/mol. The Kier molecular flexibility index (Phi) is 5.17. The number of aromatic nitrogens is 1. The van der Waals surface area contributed by atoms with Crippen LogP contribution in [0.1, 0.15) is 56.2 Å². The van der Waals surface area contributed by atoms with Crippen molar-refractivity contribution in [1.29, 1.82) is 0 Å². The Labute approximate surface area is 156 Å². The quantitative estimate of drug-likeness (QED) is 0.618. The average Bonchev–Trinajstić information content (AvgIpc) is 2.96. The van der Waals surface area contributed by atoms with Crippen molar-refractivity contribution in [2.75, 3.05) is 5.32 Å². The highest BCUT2D eigenvalue weighted by atomic mass is 16.1. The van der Waals surface area contributed by atoms with Crippen LogP contribution in [0.2, 0.25) is 0 Å². The lowest BCUT2D eigenvalue weighted by atomic mass is 9.92. The first kappa shape index (κ1) is 18.2. The van der Waals surface area contributed by atoms with E-state index >= 15 is 0 Å². The molecule has 0 aliphatic heterocycles. The van der Waals surface area contributed by atoms with Gasteiger partial charge in [0.25, 0.3) is 0 Å². The number of nitrogens with one attached hydrogen (secondary N) is 1. The molecule has 1 amide bonds. The van der Waals surface area contributed by atoms with Gasteiger partial charge in [-0.25, -0.2) is 0 Å². The third-order valence-corrected chi connectivity index (χ3v) is 4.88. The highest BCUT2D eigenvalue weighted by molar-refractivity contribution is 5.93. The van der Waals surface area contributed by atoms with E-state index in [1.807, 2.05) is 10.8 Å². The summed E-state index contributed by atoms with van der Waals surface area (Å²) < 4.78 is 2.01. The summed E-state index contributed by atoms with van der Waals surface area (Å²) in [7, 11) is 0. The van der Waals surface area contributed by atoms with E-state index in [0.717, 1.165) is 11.2 Å². The van der Waals surface area contributed by atoms with Crippen LogP contribution in [0.25, 0.3) is 10.9 Å². The van der Waals surface area contributed by atoms with Gasteiger partial charge in [-0.05, 0) is 53.5 Å². The van der Waals surface area contributed by atoms with Crippen LogP contribution >= 0.6 is 0 Å². The van der Waals surface area contributed by atoms with E-state index in [4.69, 9.17) is 0 Å². The van der Waals surface area contributed by atoms with Crippen LogP contribution in [0.4, 0.5) is 5.69 Å². The molecule has 3 rings (SSSR count). The first-order valence-electron chi connectivity index (χ1n) is 9.35. The van der Waals surface area contributed by atoms with E-state index < -0.39 is 0 Å². The monoisotopic (exact) mass is 348 g/mol. The fraction of sp³-hybridized carbons (Fsp3) is 0.348. The zero-order chi connectivity index (χ0) is 18.8. The molecular formula is C23H28N2O. The third kappa shape index (κ3) is 3.67. The summed E-state index contributed by atoms with van der Waals surface area (Å²) in [5, 5.41) is 4.37. The molecule has 0 unspecified atom stereocenters. The highest BCUT2D eigenvalue weighted by Crippen LogP contribution is 2.32. The molecule has 0 aliphatic carbocycles. The fourth-order valence-electron chi connectivity index (χ4n) is 3.49. The number of carbonyl (C=O) groups is 1. The number of amides is 1. The molecule has 0 radical (unpaired) electrons. The van der Waals surface area contributed by atoms with Crippen LogP contribution in [0, 0.1) is 6.92 Å². The third-order valence-electron chi connectivity index (χ3n) is 4.88. The predicted octanol–water partition coefficient (Wildman–Crippen LogP) is 5.84. The lowest BCUT2D eigenvalue weighted by Gasteiger charge is -2.20. The van der Waals surface area contributed by atoms with E-state index in [2.05, 4.69) is 82.4 Å². The van der Waals surface area contributed by atoms with Gasteiger partial charge < -0.3 is 9.88 Å². The first-order chi connectivity index (χ1) is 12.4. The normalized spacial score (nSPS) is 11.5. The number of rotatable bonds is 5. The number of hydrogen-bond donors (Lipinski definition) is 1. The Balaban J connectivity index is 1.88. The van der Waals surface area contributed by atoms with Crippen LogP contribution in [-0.4, -0.2) is 10.5 Å². The smallest absolute Gasteiger partial charge is 0.244 e. The van der Waals surface area contributed by atoms with E-state index in [9.17, 15) is 4.79 Å². The number of para-hydroxylation sites is 1. The molecule has 0 aliphatic rings. The summed E-state index contributed by atoms with van der Waals surface area (Å²) in [6, 6.07) is 14.7. The molecule has 136 valence electrons. The van der Waals surface area contributed by atoms with Crippen LogP contribution in [0.5, 0.6) is 0 Å². The molecule has 2 aromatic carbocycles. The van der Waals surface area contributed by atoms with Crippen molar-refractivity contribution in [3.63, 3.8) is 0 Å². The molecule has 0 saturated carbocycles. The van der Waals surface area contributed by atoms with Crippen molar-refractivity contribution in [3.05, 3.63) is 65.4 Å². The van der Waals surface area contributed by atoms with Gasteiger partial charge in [-0.3, -0.25) is 4.79 Å². The Morgan fingerprint density at radius 1 is 1.00 bits per heavy atom. The molecule has 3 heteroatoms. The van der Waals surface area contributed by atoms with Gasteiger partial charge in [0.2, 0.25) is 5.91 Å². The molecule has 1 N–H and O–H groups in total. The van der Waals surface area contributed by atoms with Gasteiger partial charge in [-0.2, -0.15) is 0 Å². The fourth-order valence-corrected chi connectivity index (χ4v) is 3.49. The van der Waals surface area contributed by atoms with Gasteiger partial charge in [0.05, 0.1) is 0 Å². The minimum absolute atomic E-state index is 0.0121. The molecule has 3 nitrogen and oxygen atoms in total. The zero-order valence-electron chi connectivity index (χ0n) is 16.3. The lowest BCUT2D eigenvalue weighted by Crippen LogP contribution is -2.20. The Hall–Kier alpha value is -2.55. The second kappa shape index (κ2) is 7.36. The second-order valence-electron chi connectivity index (χ2n) is 7.67. The summed E-state index contributed by atoms with van der Waals surface area (Å²) >= 11 is 0. The summed E-state index contributed by atoms with van der Waals surface area (Å²) in [4.78, 5) is 12.8. The SMILES string of the molecule is Cc1ccc2c(ccn2CC(=O)Nc2c(C(C)C)cccc2C(C)C)c1. The van der Waals surface area contributed by atoms with Crippen LogP contribution in [0.15, 0.2) is 48.7 Å². The number of anilines is 1. The van der Waals surface area contributed by atoms with Crippen molar-refractivity contribution >= 4 is 22.5 Å². The van der Waals surface area contributed by atoms with E-state index in [1.54, 1.807) is 0 Å². The Morgan fingerprint density at radius 2 is 1.65 bits per heavy atom. The molecule has 1 heterocycles. The van der Waals surface area contributed by atoms with Crippen molar-refractivity contribution < 1.29 is 4.79 Å². The topological polar surface area (TPSA) is 34.0 Å². The second-order valence-corrected chi connectivity index (χ2v) is 7.67. The molecule has 1 aromatic heterocycles. The molecule has 0 spiro atoms. The van der Waals surface area contributed by atoms with Gasteiger partial charge in [0, 0.05) is 17.4 Å². The minimum Gasteiger partial charge on any atom is -0.338 e. The van der Waals surface area contributed by atoms with Gasteiger partial charge in [0.1, 0.15) is 6.54 Å². The maximum Gasteiger partial charge on any atom is 0.244 e. The number of carbonyl (C=O) groups excluding carboxylic acids is 1. The molecule has 3 aromatic rings. The van der Waals surface area contributed by atoms with Crippen molar-refractivity contribution in [1.82, 2.24) is 4.57 Å². The van der Waals surface area contributed by atoms with Gasteiger partial charge in [-0.15, -0.1) is 0 Å². The van der Waals surface area contributed by atoms with Crippen LogP contribution < -0.4 is 5.32 Å². The summed E-state index contributed by atoms with van der Waals surface area (Å²) in [5.41, 5.74) is 5.68. The number of benzene rings is 2. The van der Waals surface area contributed by atoms with Gasteiger partial charge in [0.15, 0.2) is 0 Å².